The summed E-state index contributed by atoms with van der Waals surface area (Å²) in [6.45, 7) is 7.05. The van der Waals surface area contributed by atoms with Gasteiger partial charge in [-0.2, -0.15) is 0 Å². The monoisotopic (exact) mass is 356 g/mol. The number of hydrogen-bond acceptors (Lipinski definition) is 4. The van der Waals surface area contributed by atoms with E-state index in [9.17, 15) is 0 Å². The fraction of sp³-hybridized carbons (Fsp3) is 0.350. The van der Waals surface area contributed by atoms with Crippen LogP contribution in [0.4, 0.5) is 0 Å². The summed E-state index contributed by atoms with van der Waals surface area (Å²) in [6.07, 6.45) is 0.544. The van der Waals surface area contributed by atoms with Crippen molar-refractivity contribution >= 4 is 22.7 Å². The van der Waals surface area contributed by atoms with E-state index in [1.807, 2.05) is 30.3 Å². The molecule has 130 valence electrons. The van der Waals surface area contributed by atoms with Gasteiger partial charge in [0.2, 0.25) is 5.89 Å². The molecule has 4 rings (SSSR count). The number of ether oxygens (including phenoxy) is 1. The van der Waals surface area contributed by atoms with Crippen molar-refractivity contribution in [2.24, 2.45) is 0 Å². The summed E-state index contributed by atoms with van der Waals surface area (Å²) in [7, 11) is 0. The molecule has 1 aliphatic heterocycles. The average molecular weight is 357 g/mol. The fourth-order valence-corrected chi connectivity index (χ4v) is 3.68. The number of rotatable bonds is 3. The maximum Gasteiger partial charge on any atom is 0.227 e. The van der Waals surface area contributed by atoms with Crippen LogP contribution in [0, 0.1) is 0 Å². The number of halogens is 1. The van der Waals surface area contributed by atoms with E-state index in [1.54, 1.807) is 0 Å². The molecule has 0 amide bonds. The Morgan fingerprint density at radius 1 is 1.12 bits per heavy atom. The molecule has 1 fully saturated rings. The van der Waals surface area contributed by atoms with E-state index < -0.39 is 0 Å². The SMILES string of the molecule is C[C@@H]1CN(Cc2ccc3oc(-c4cccc(Cl)c4)nc3c2)C[C@@H](C)O1. The number of aromatic nitrogens is 1. The maximum absolute atomic E-state index is 6.07. The highest BCUT2D eigenvalue weighted by atomic mass is 35.5. The van der Waals surface area contributed by atoms with E-state index in [4.69, 9.17) is 20.8 Å². The first-order valence-corrected chi connectivity index (χ1v) is 8.98. The maximum atomic E-state index is 6.07. The third kappa shape index (κ3) is 3.71. The molecule has 3 aromatic rings. The highest BCUT2D eigenvalue weighted by molar-refractivity contribution is 6.30. The van der Waals surface area contributed by atoms with Gasteiger partial charge >= 0.3 is 0 Å². The number of morpholine rings is 1. The van der Waals surface area contributed by atoms with Crippen LogP contribution in [0.5, 0.6) is 0 Å². The van der Waals surface area contributed by atoms with Crippen LogP contribution < -0.4 is 0 Å². The molecule has 2 heterocycles. The van der Waals surface area contributed by atoms with E-state index in [-0.39, 0.29) is 12.2 Å². The standard InChI is InChI=1S/C20H21ClN2O2/c1-13-10-23(11-14(2)24-13)12-15-6-7-19-18(8-15)22-20(25-19)16-4-3-5-17(21)9-16/h3-9,13-14H,10-12H2,1-2H3/t13-,14-/m1/s1. The molecule has 0 aliphatic carbocycles. The van der Waals surface area contributed by atoms with Crippen LogP contribution in [0.25, 0.3) is 22.6 Å². The summed E-state index contributed by atoms with van der Waals surface area (Å²) in [5, 5.41) is 0.677. The van der Waals surface area contributed by atoms with Gasteiger partial charge in [0.1, 0.15) is 5.52 Å². The van der Waals surface area contributed by atoms with Crippen molar-refractivity contribution in [2.75, 3.05) is 13.1 Å². The van der Waals surface area contributed by atoms with Gasteiger partial charge in [-0.25, -0.2) is 4.98 Å². The van der Waals surface area contributed by atoms with Crippen molar-refractivity contribution in [1.82, 2.24) is 9.88 Å². The van der Waals surface area contributed by atoms with Crippen LogP contribution >= 0.6 is 11.6 Å². The predicted octanol–water partition coefficient (Wildman–Crippen LogP) is 4.76. The number of nitrogens with zero attached hydrogens (tertiary/aromatic N) is 2. The van der Waals surface area contributed by atoms with Gasteiger partial charge in [0.05, 0.1) is 12.2 Å². The Hall–Kier alpha value is -1.88. The zero-order chi connectivity index (χ0) is 17.4. The van der Waals surface area contributed by atoms with Gasteiger partial charge in [-0.05, 0) is 49.7 Å². The molecule has 4 nitrogen and oxygen atoms in total. The van der Waals surface area contributed by atoms with Gasteiger partial charge in [0, 0.05) is 30.2 Å². The number of oxazole rings is 1. The van der Waals surface area contributed by atoms with Crippen LogP contribution in [0.3, 0.4) is 0 Å². The molecule has 5 heteroatoms. The zero-order valence-corrected chi connectivity index (χ0v) is 15.2. The first kappa shape index (κ1) is 16.6. The van der Waals surface area contributed by atoms with Crippen molar-refractivity contribution in [1.29, 1.82) is 0 Å². The lowest BCUT2D eigenvalue weighted by Gasteiger charge is -2.35. The summed E-state index contributed by atoms with van der Waals surface area (Å²) < 4.78 is 11.7. The molecule has 0 radical (unpaired) electrons. The van der Waals surface area contributed by atoms with Crippen molar-refractivity contribution in [3.8, 4) is 11.5 Å². The molecular weight excluding hydrogens is 336 g/mol. The second-order valence-corrected chi connectivity index (χ2v) is 7.22. The molecule has 1 saturated heterocycles. The lowest BCUT2D eigenvalue weighted by atomic mass is 10.1. The third-order valence-corrected chi connectivity index (χ3v) is 4.66. The van der Waals surface area contributed by atoms with Gasteiger partial charge in [0.15, 0.2) is 5.58 Å². The van der Waals surface area contributed by atoms with Crippen LogP contribution in [0.2, 0.25) is 5.02 Å². The second kappa shape index (κ2) is 6.79. The minimum absolute atomic E-state index is 0.272. The average Bonchev–Trinajstić information content (AvgIpc) is 2.97. The van der Waals surface area contributed by atoms with Crippen LogP contribution in [-0.2, 0) is 11.3 Å². The summed E-state index contributed by atoms with van der Waals surface area (Å²) in [5.74, 6) is 0.600. The third-order valence-electron chi connectivity index (χ3n) is 4.42. The number of benzene rings is 2. The summed E-state index contributed by atoms with van der Waals surface area (Å²) in [5.41, 5.74) is 3.80. The molecule has 0 unspecified atom stereocenters. The highest BCUT2D eigenvalue weighted by Crippen LogP contribution is 2.27. The van der Waals surface area contributed by atoms with Gasteiger partial charge in [0.25, 0.3) is 0 Å². The van der Waals surface area contributed by atoms with E-state index in [1.165, 1.54) is 5.56 Å². The Bertz CT molecular complexity index is 882. The Morgan fingerprint density at radius 3 is 2.68 bits per heavy atom. The first-order valence-electron chi connectivity index (χ1n) is 8.60. The second-order valence-electron chi connectivity index (χ2n) is 6.78. The summed E-state index contributed by atoms with van der Waals surface area (Å²) in [6, 6.07) is 13.8. The smallest absolute Gasteiger partial charge is 0.227 e. The van der Waals surface area contributed by atoms with Crippen molar-refractivity contribution in [3.05, 3.63) is 53.1 Å². The predicted molar refractivity (Wildman–Crippen MR) is 99.7 cm³/mol. The van der Waals surface area contributed by atoms with E-state index in [0.717, 1.165) is 36.3 Å². The van der Waals surface area contributed by atoms with Crippen LogP contribution in [0.1, 0.15) is 19.4 Å². The quantitative estimate of drug-likeness (QED) is 0.678. The van der Waals surface area contributed by atoms with Crippen molar-refractivity contribution < 1.29 is 9.15 Å². The van der Waals surface area contributed by atoms with E-state index in [2.05, 4.69) is 35.9 Å². The van der Waals surface area contributed by atoms with Crippen molar-refractivity contribution in [3.63, 3.8) is 0 Å². The molecule has 0 N–H and O–H groups in total. The van der Waals surface area contributed by atoms with Gasteiger partial charge in [-0.3, -0.25) is 4.90 Å². The molecule has 2 aromatic carbocycles. The summed E-state index contributed by atoms with van der Waals surface area (Å²) in [4.78, 5) is 7.07. The van der Waals surface area contributed by atoms with Gasteiger partial charge < -0.3 is 9.15 Å². The number of fused-ring (bicyclic) bond motifs is 1. The molecule has 0 saturated carbocycles. The highest BCUT2D eigenvalue weighted by Gasteiger charge is 2.22. The van der Waals surface area contributed by atoms with Gasteiger partial charge in [-0.1, -0.05) is 23.7 Å². The van der Waals surface area contributed by atoms with E-state index in [0.29, 0.717) is 10.9 Å². The Balaban J connectivity index is 1.58. The van der Waals surface area contributed by atoms with Crippen LogP contribution in [-0.4, -0.2) is 35.2 Å². The van der Waals surface area contributed by atoms with Crippen molar-refractivity contribution in [2.45, 2.75) is 32.6 Å². The van der Waals surface area contributed by atoms with Crippen LogP contribution in [0.15, 0.2) is 46.9 Å². The normalized spacial score (nSPS) is 21.7. The molecule has 25 heavy (non-hydrogen) atoms. The van der Waals surface area contributed by atoms with Gasteiger partial charge in [-0.15, -0.1) is 0 Å². The fourth-order valence-electron chi connectivity index (χ4n) is 3.49. The minimum atomic E-state index is 0.272. The Morgan fingerprint density at radius 2 is 1.92 bits per heavy atom. The number of hydrogen-bond donors (Lipinski definition) is 0. The molecule has 2 atom stereocenters. The minimum Gasteiger partial charge on any atom is -0.436 e. The zero-order valence-electron chi connectivity index (χ0n) is 14.4. The summed E-state index contributed by atoms with van der Waals surface area (Å²) >= 11 is 6.07. The largest absolute Gasteiger partial charge is 0.436 e. The topological polar surface area (TPSA) is 38.5 Å². The molecule has 0 bridgehead atoms. The van der Waals surface area contributed by atoms with E-state index >= 15 is 0 Å². The first-order chi connectivity index (χ1) is 12.1. The lowest BCUT2D eigenvalue weighted by Crippen LogP contribution is -2.44. The Kier molecular flexibility index (Phi) is 4.50. The molecule has 0 spiro atoms. The molecule has 1 aromatic heterocycles. The molecular formula is C20H21ClN2O2. The Labute approximate surface area is 152 Å². The lowest BCUT2D eigenvalue weighted by molar-refractivity contribution is -0.0704. The molecule has 1 aliphatic rings.